The molecule has 0 unspecified atom stereocenters. The lowest BCUT2D eigenvalue weighted by molar-refractivity contribution is 0.0163. The van der Waals surface area contributed by atoms with Crippen LogP contribution in [0.2, 0.25) is 0 Å². The summed E-state index contributed by atoms with van der Waals surface area (Å²) in [6, 6.07) is 0.297. The van der Waals surface area contributed by atoms with Gasteiger partial charge < -0.3 is 9.66 Å². The maximum atomic E-state index is 11.8. The summed E-state index contributed by atoms with van der Waals surface area (Å²) in [5, 5.41) is 9.78. The molecule has 0 heterocycles. The van der Waals surface area contributed by atoms with Gasteiger partial charge in [-0.2, -0.15) is 0 Å². The summed E-state index contributed by atoms with van der Waals surface area (Å²) >= 11 is -0.991. The van der Waals surface area contributed by atoms with Crippen LogP contribution in [0, 0.1) is 0 Å². The van der Waals surface area contributed by atoms with Gasteiger partial charge in [-0.1, -0.05) is 0 Å². The first-order chi connectivity index (χ1) is 6.71. The summed E-state index contributed by atoms with van der Waals surface area (Å²) in [4.78, 5) is 0. The molecular formula is C11H23NO2S. The van der Waals surface area contributed by atoms with Crippen molar-refractivity contribution >= 4 is 11.4 Å². The van der Waals surface area contributed by atoms with Crippen LogP contribution in [0.4, 0.5) is 0 Å². The Balaban J connectivity index is 2.36. The fraction of sp³-hybridized carbons (Fsp3) is 1.00. The SMILES string of the molecule is CC(C)(C)[S@@+]([O-])N[C@H]1CC[C@@](C)(O)CC1. The third kappa shape index (κ3) is 4.31. The normalized spacial score (nSPS) is 35.2. The standard InChI is InChI=1S/C11H23NO2S/c1-10(2,3)15(14)12-9-5-7-11(4,13)8-6-9/h9,12-13H,5-8H2,1-4H3/t9-,11+,15-/m1/s1. The molecule has 0 amide bonds. The van der Waals surface area contributed by atoms with Crippen molar-refractivity contribution in [2.75, 3.05) is 0 Å². The zero-order valence-corrected chi connectivity index (χ0v) is 11.0. The van der Waals surface area contributed by atoms with Crippen LogP contribution in [-0.2, 0) is 11.4 Å². The highest BCUT2D eigenvalue weighted by atomic mass is 32.2. The monoisotopic (exact) mass is 233 g/mol. The second kappa shape index (κ2) is 4.62. The first-order valence-corrected chi connectivity index (χ1v) is 6.76. The van der Waals surface area contributed by atoms with Crippen molar-refractivity contribution in [3.8, 4) is 0 Å². The Morgan fingerprint density at radius 3 is 2.20 bits per heavy atom. The van der Waals surface area contributed by atoms with Gasteiger partial charge in [-0.15, -0.1) is 4.72 Å². The van der Waals surface area contributed by atoms with E-state index in [2.05, 4.69) is 4.72 Å². The highest BCUT2D eigenvalue weighted by molar-refractivity contribution is 7.90. The van der Waals surface area contributed by atoms with Crippen molar-refractivity contribution in [2.24, 2.45) is 0 Å². The zero-order valence-electron chi connectivity index (χ0n) is 10.2. The summed E-state index contributed by atoms with van der Waals surface area (Å²) < 4.78 is 14.8. The van der Waals surface area contributed by atoms with E-state index < -0.39 is 17.0 Å². The van der Waals surface area contributed by atoms with E-state index in [0.717, 1.165) is 25.7 Å². The van der Waals surface area contributed by atoms with E-state index in [0.29, 0.717) is 6.04 Å². The second-order valence-electron chi connectivity index (χ2n) is 5.77. The predicted octanol–water partition coefficient (Wildman–Crippen LogP) is 1.73. The summed E-state index contributed by atoms with van der Waals surface area (Å²) in [7, 11) is 0. The lowest BCUT2D eigenvalue weighted by Gasteiger charge is -2.35. The minimum absolute atomic E-state index is 0.208. The van der Waals surface area contributed by atoms with Crippen molar-refractivity contribution in [2.45, 2.75) is 69.8 Å². The smallest absolute Gasteiger partial charge is 0.136 e. The molecule has 0 bridgehead atoms. The minimum Gasteiger partial charge on any atom is -0.598 e. The maximum Gasteiger partial charge on any atom is 0.136 e. The number of nitrogens with one attached hydrogen (secondary N) is 1. The van der Waals surface area contributed by atoms with Gasteiger partial charge in [0.25, 0.3) is 0 Å². The van der Waals surface area contributed by atoms with Gasteiger partial charge in [0.05, 0.1) is 11.6 Å². The zero-order chi connectivity index (χ0) is 11.7. The molecule has 90 valence electrons. The lowest BCUT2D eigenvalue weighted by atomic mass is 9.84. The van der Waals surface area contributed by atoms with E-state index in [1.807, 2.05) is 27.7 Å². The van der Waals surface area contributed by atoms with Crippen LogP contribution in [-0.4, -0.2) is 26.0 Å². The molecule has 0 saturated heterocycles. The van der Waals surface area contributed by atoms with Crippen LogP contribution in [0.3, 0.4) is 0 Å². The summed E-state index contributed by atoms with van der Waals surface area (Å²) in [6.45, 7) is 7.78. The Bertz CT molecular complexity index is 203. The van der Waals surface area contributed by atoms with Crippen LogP contribution in [0.1, 0.15) is 53.4 Å². The average Bonchev–Trinajstić information content (AvgIpc) is 2.07. The Morgan fingerprint density at radius 1 is 1.33 bits per heavy atom. The molecule has 4 heteroatoms. The molecule has 1 atom stereocenters. The second-order valence-corrected chi connectivity index (χ2v) is 7.77. The predicted molar refractivity (Wildman–Crippen MR) is 63.9 cm³/mol. The third-order valence-electron chi connectivity index (χ3n) is 2.89. The van der Waals surface area contributed by atoms with Crippen molar-refractivity contribution < 1.29 is 9.66 Å². The van der Waals surface area contributed by atoms with Crippen molar-refractivity contribution in [3.05, 3.63) is 0 Å². The molecule has 1 fully saturated rings. The molecule has 1 saturated carbocycles. The fourth-order valence-corrected chi connectivity index (χ4v) is 2.58. The molecule has 0 spiro atoms. The molecule has 0 aromatic heterocycles. The van der Waals surface area contributed by atoms with E-state index in [4.69, 9.17) is 0 Å². The lowest BCUT2D eigenvalue weighted by Crippen LogP contribution is -2.47. The molecule has 0 aliphatic heterocycles. The van der Waals surface area contributed by atoms with Crippen LogP contribution in [0.25, 0.3) is 0 Å². The van der Waals surface area contributed by atoms with Gasteiger partial charge in [0.1, 0.15) is 4.75 Å². The molecule has 15 heavy (non-hydrogen) atoms. The summed E-state index contributed by atoms with van der Waals surface area (Å²) in [6.07, 6.45) is 3.42. The van der Waals surface area contributed by atoms with E-state index >= 15 is 0 Å². The number of aliphatic hydroxyl groups is 1. The van der Waals surface area contributed by atoms with Gasteiger partial charge in [0.15, 0.2) is 0 Å². The molecular weight excluding hydrogens is 210 g/mol. The largest absolute Gasteiger partial charge is 0.598 e. The maximum absolute atomic E-state index is 11.8. The third-order valence-corrected chi connectivity index (χ3v) is 4.55. The number of rotatable bonds is 2. The van der Waals surface area contributed by atoms with Crippen LogP contribution >= 0.6 is 0 Å². The molecule has 0 aromatic carbocycles. The molecule has 1 aliphatic rings. The Kier molecular flexibility index (Phi) is 4.09. The first-order valence-electron chi connectivity index (χ1n) is 5.61. The van der Waals surface area contributed by atoms with Crippen LogP contribution in [0.5, 0.6) is 0 Å². The fourth-order valence-electron chi connectivity index (χ4n) is 1.69. The highest BCUT2D eigenvalue weighted by Gasteiger charge is 2.34. The van der Waals surface area contributed by atoms with Crippen molar-refractivity contribution in [1.29, 1.82) is 0 Å². The average molecular weight is 233 g/mol. The summed E-state index contributed by atoms with van der Waals surface area (Å²) in [5.74, 6) is 0. The molecule has 0 radical (unpaired) electrons. The highest BCUT2D eigenvalue weighted by Crippen LogP contribution is 2.28. The minimum atomic E-state index is -0.991. The molecule has 3 nitrogen and oxygen atoms in total. The molecule has 1 rings (SSSR count). The van der Waals surface area contributed by atoms with Crippen LogP contribution in [0.15, 0.2) is 0 Å². The topological polar surface area (TPSA) is 55.3 Å². The number of hydrogen-bond acceptors (Lipinski definition) is 3. The Morgan fingerprint density at radius 2 is 1.80 bits per heavy atom. The molecule has 0 aromatic rings. The Hall–Kier alpha value is 0.230. The Labute approximate surface area is 96.0 Å². The quantitative estimate of drug-likeness (QED) is 0.714. The van der Waals surface area contributed by atoms with Gasteiger partial charge in [-0.3, -0.25) is 0 Å². The van der Waals surface area contributed by atoms with Gasteiger partial charge in [-0.05, 0) is 53.4 Å². The molecule has 1 aliphatic carbocycles. The van der Waals surface area contributed by atoms with Gasteiger partial charge in [0, 0.05) is 11.4 Å². The van der Waals surface area contributed by atoms with E-state index in [1.54, 1.807) is 0 Å². The van der Waals surface area contributed by atoms with Gasteiger partial charge in [-0.25, -0.2) is 0 Å². The first kappa shape index (κ1) is 13.3. The van der Waals surface area contributed by atoms with E-state index in [1.165, 1.54) is 0 Å². The van der Waals surface area contributed by atoms with Crippen molar-refractivity contribution in [3.63, 3.8) is 0 Å². The van der Waals surface area contributed by atoms with E-state index in [9.17, 15) is 9.66 Å². The van der Waals surface area contributed by atoms with E-state index in [-0.39, 0.29) is 4.75 Å². The van der Waals surface area contributed by atoms with Crippen LogP contribution < -0.4 is 4.72 Å². The van der Waals surface area contributed by atoms with Crippen molar-refractivity contribution in [1.82, 2.24) is 4.72 Å². The summed E-state index contributed by atoms with van der Waals surface area (Å²) in [5.41, 5.74) is -0.512. The number of hydrogen-bond donors (Lipinski definition) is 2. The van der Waals surface area contributed by atoms with Gasteiger partial charge in [0.2, 0.25) is 0 Å². The molecule has 2 N–H and O–H groups in total. The van der Waals surface area contributed by atoms with Gasteiger partial charge >= 0.3 is 0 Å².